The van der Waals surface area contributed by atoms with Crippen molar-refractivity contribution < 1.29 is 28.7 Å². The molecule has 2 aromatic carbocycles. The van der Waals surface area contributed by atoms with Gasteiger partial charge in [-0.05, 0) is 42.0 Å². The van der Waals surface area contributed by atoms with Crippen molar-refractivity contribution in [2.75, 3.05) is 20.3 Å². The fraction of sp³-hybridized carbons (Fsp3) is 0.158. The summed E-state index contributed by atoms with van der Waals surface area (Å²) in [5.41, 5.74) is 0.867. The van der Waals surface area contributed by atoms with E-state index in [4.69, 9.17) is 14.3 Å². The van der Waals surface area contributed by atoms with E-state index in [1.165, 1.54) is 12.3 Å². The minimum atomic E-state index is -0.822. The number of carbonyl (C=O) groups excluding carboxylic acids is 3. The maximum atomic E-state index is 12.5. The lowest BCUT2D eigenvalue weighted by Gasteiger charge is -2.15. The maximum absolute atomic E-state index is 12.5. The molecule has 8 nitrogen and oxygen atoms in total. The van der Waals surface area contributed by atoms with E-state index >= 15 is 0 Å². The van der Waals surface area contributed by atoms with Gasteiger partial charge in [0.2, 0.25) is 0 Å². The summed E-state index contributed by atoms with van der Waals surface area (Å²) in [6.45, 7) is -0.976. The smallest absolute Gasteiger partial charge is 0.277 e. The molecule has 2 aromatic rings. The van der Waals surface area contributed by atoms with E-state index in [-0.39, 0.29) is 11.3 Å². The van der Waals surface area contributed by atoms with E-state index in [1.807, 2.05) is 0 Å². The third-order valence-electron chi connectivity index (χ3n) is 3.75. The molecule has 0 saturated carbocycles. The molecule has 0 N–H and O–H groups in total. The standard InChI is InChI=1S/C19H16N2O6/c1-25-14-8-6-13(7-9-14)10-20-27-12-18(23)21-17(22)11-26-16-5-3-2-4-15(16)19(21)24/h2-10H,11-12H2,1H3. The van der Waals surface area contributed by atoms with Crippen LogP contribution in [0.15, 0.2) is 53.7 Å². The number of oxime groups is 1. The zero-order chi connectivity index (χ0) is 19.2. The van der Waals surface area contributed by atoms with Crippen LogP contribution in [0.1, 0.15) is 15.9 Å². The van der Waals surface area contributed by atoms with Crippen molar-refractivity contribution in [3.8, 4) is 11.5 Å². The molecular formula is C19H16N2O6. The van der Waals surface area contributed by atoms with E-state index in [0.29, 0.717) is 10.6 Å². The van der Waals surface area contributed by atoms with Gasteiger partial charge in [-0.1, -0.05) is 17.3 Å². The van der Waals surface area contributed by atoms with E-state index in [0.717, 1.165) is 5.56 Å². The van der Waals surface area contributed by atoms with Crippen molar-refractivity contribution in [2.45, 2.75) is 0 Å². The third-order valence-corrected chi connectivity index (χ3v) is 3.75. The van der Waals surface area contributed by atoms with E-state index in [1.54, 1.807) is 49.6 Å². The first-order valence-electron chi connectivity index (χ1n) is 8.01. The summed E-state index contributed by atoms with van der Waals surface area (Å²) < 4.78 is 10.3. The van der Waals surface area contributed by atoms with Gasteiger partial charge in [0, 0.05) is 0 Å². The monoisotopic (exact) mass is 368 g/mol. The quantitative estimate of drug-likeness (QED) is 0.452. The summed E-state index contributed by atoms with van der Waals surface area (Å²) in [5.74, 6) is -1.38. The number of para-hydroxylation sites is 1. The number of methoxy groups -OCH3 is 1. The summed E-state index contributed by atoms with van der Waals surface area (Å²) in [6, 6.07) is 13.3. The van der Waals surface area contributed by atoms with Gasteiger partial charge < -0.3 is 14.3 Å². The highest BCUT2D eigenvalue weighted by Gasteiger charge is 2.34. The Bertz CT molecular complexity index is 891. The molecule has 0 atom stereocenters. The SMILES string of the molecule is COc1ccc(C=NOCC(=O)N2C(=O)COc3ccccc3C2=O)cc1. The number of fused-ring (bicyclic) bond motifs is 1. The molecule has 0 spiro atoms. The first kappa shape index (κ1) is 18.1. The van der Waals surface area contributed by atoms with Gasteiger partial charge in [0.15, 0.2) is 13.2 Å². The van der Waals surface area contributed by atoms with Crippen molar-refractivity contribution in [3.63, 3.8) is 0 Å². The van der Waals surface area contributed by atoms with Crippen LogP contribution in [0.3, 0.4) is 0 Å². The van der Waals surface area contributed by atoms with Gasteiger partial charge >= 0.3 is 0 Å². The number of amides is 3. The van der Waals surface area contributed by atoms with Gasteiger partial charge in [0.05, 0.1) is 18.9 Å². The second-order valence-corrected chi connectivity index (χ2v) is 5.49. The van der Waals surface area contributed by atoms with Crippen molar-refractivity contribution >= 4 is 23.9 Å². The van der Waals surface area contributed by atoms with Crippen molar-refractivity contribution in [2.24, 2.45) is 5.16 Å². The molecule has 1 aliphatic heterocycles. The maximum Gasteiger partial charge on any atom is 0.277 e. The van der Waals surface area contributed by atoms with E-state index in [2.05, 4.69) is 5.16 Å². The summed E-state index contributed by atoms with van der Waals surface area (Å²) in [4.78, 5) is 42.4. The molecule has 3 amide bonds. The molecule has 0 saturated heterocycles. The number of imide groups is 3. The van der Waals surface area contributed by atoms with E-state index < -0.39 is 30.9 Å². The first-order chi connectivity index (χ1) is 13.1. The molecule has 0 fully saturated rings. The Hall–Kier alpha value is -3.68. The molecule has 0 radical (unpaired) electrons. The summed E-state index contributed by atoms with van der Waals surface area (Å²) in [5, 5.41) is 3.68. The average molecular weight is 368 g/mol. The van der Waals surface area contributed by atoms with Gasteiger partial charge in [-0.25, -0.2) is 4.90 Å². The molecule has 1 aliphatic rings. The fourth-order valence-electron chi connectivity index (χ4n) is 2.40. The van der Waals surface area contributed by atoms with Crippen molar-refractivity contribution in [1.29, 1.82) is 0 Å². The average Bonchev–Trinajstić information content (AvgIpc) is 2.82. The Morgan fingerprint density at radius 3 is 2.67 bits per heavy atom. The van der Waals surface area contributed by atoms with Gasteiger partial charge in [0.25, 0.3) is 17.7 Å². The molecule has 0 bridgehead atoms. The fourth-order valence-corrected chi connectivity index (χ4v) is 2.40. The van der Waals surface area contributed by atoms with Gasteiger partial charge in [0.1, 0.15) is 11.5 Å². The highest BCUT2D eigenvalue weighted by molar-refractivity contribution is 6.18. The Kier molecular flexibility index (Phi) is 5.46. The predicted octanol–water partition coefficient (Wildman–Crippen LogP) is 1.63. The number of ether oxygens (including phenoxy) is 2. The van der Waals surface area contributed by atoms with Crippen LogP contribution in [-0.4, -0.2) is 49.2 Å². The van der Waals surface area contributed by atoms with Gasteiger partial charge in [-0.3, -0.25) is 14.4 Å². The summed E-state index contributed by atoms with van der Waals surface area (Å²) in [6.07, 6.45) is 1.40. The molecule has 0 aromatic heterocycles. The summed E-state index contributed by atoms with van der Waals surface area (Å²) in [7, 11) is 1.56. The molecule has 0 aliphatic carbocycles. The minimum Gasteiger partial charge on any atom is -0.497 e. The van der Waals surface area contributed by atoms with Crippen LogP contribution in [0, 0.1) is 0 Å². The highest BCUT2D eigenvalue weighted by Crippen LogP contribution is 2.23. The topological polar surface area (TPSA) is 94.5 Å². The van der Waals surface area contributed by atoms with Crippen molar-refractivity contribution in [3.05, 3.63) is 59.7 Å². The van der Waals surface area contributed by atoms with Crippen LogP contribution in [0.2, 0.25) is 0 Å². The van der Waals surface area contributed by atoms with Crippen molar-refractivity contribution in [1.82, 2.24) is 4.90 Å². The highest BCUT2D eigenvalue weighted by atomic mass is 16.6. The molecule has 3 rings (SSSR count). The van der Waals surface area contributed by atoms with E-state index in [9.17, 15) is 14.4 Å². The van der Waals surface area contributed by atoms with Crippen LogP contribution in [0.25, 0.3) is 0 Å². The second-order valence-electron chi connectivity index (χ2n) is 5.49. The lowest BCUT2D eigenvalue weighted by molar-refractivity contribution is -0.144. The van der Waals surface area contributed by atoms with Gasteiger partial charge in [-0.2, -0.15) is 0 Å². The Balaban J connectivity index is 1.63. The lowest BCUT2D eigenvalue weighted by atomic mass is 10.2. The molecule has 27 heavy (non-hydrogen) atoms. The molecule has 8 heteroatoms. The Morgan fingerprint density at radius 1 is 1.19 bits per heavy atom. The number of hydrogen-bond donors (Lipinski definition) is 0. The molecule has 1 heterocycles. The number of benzene rings is 2. The Morgan fingerprint density at radius 2 is 1.93 bits per heavy atom. The number of carbonyl (C=O) groups is 3. The largest absolute Gasteiger partial charge is 0.497 e. The number of nitrogens with zero attached hydrogens (tertiary/aromatic N) is 2. The molecule has 0 unspecified atom stereocenters. The third kappa shape index (κ3) is 4.12. The number of hydrogen-bond acceptors (Lipinski definition) is 7. The van der Waals surface area contributed by atoms with Crippen LogP contribution in [0.5, 0.6) is 11.5 Å². The van der Waals surface area contributed by atoms with Crippen LogP contribution >= 0.6 is 0 Å². The predicted molar refractivity (Wildman–Crippen MR) is 94.7 cm³/mol. The normalized spacial score (nSPS) is 13.7. The van der Waals surface area contributed by atoms with Crippen LogP contribution < -0.4 is 9.47 Å². The zero-order valence-electron chi connectivity index (χ0n) is 14.5. The minimum absolute atomic E-state index is 0.137. The zero-order valence-corrected chi connectivity index (χ0v) is 14.5. The molecular weight excluding hydrogens is 352 g/mol. The Labute approximate surface area is 154 Å². The number of rotatable bonds is 5. The van der Waals surface area contributed by atoms with Crippen LogP contribution in [-0.2, 0) is 14.4 Å². The second kappa shape index (κ2) is 8.13. The van der Waals surface area contributed by atoms with Gasteiger partial charge in [-0.15, -0.1) is 0 Å². The summed E-state index contributed by atoms with van der Waals surface area (Å²) >= 11 is 0. The first-order valence-corrected chi connectivity index (χ1v) is 8.01. The van der Waals surface area contributed by atoms with Crippen LogP contribution in [0.4, 0.5) is 0 Å². The lowest BCUT2D eigenvalue weighted by Crippen LogP contribution is -2.44. The molecule has 138 valence electrons.